The molecule has 126 valence electrons. The minimum absolute atomic E-state index is 0.450. The Kier molecular flexibility index (Phi) is 6.26. The van der Waals surface area contributed by atoms with E-state index in [1.807, 2.05) is 0 Å². The molecule has 2 aliphatic rings. The summed E-state index contributed by atoms with van der Waals surface area (Å²) >= 11 is 0. The van der Waals surface area contributed by atoms with Crippen LogP contribution in [0.1, 0.15) is 30.9 Å². The van der Waals surface area contributed by atoms with E-state index in [1.165, 1.54) is 51.0 Å². The summed E-state index contributed by atoms with van der Waals surface area (Å²) in [6, 6.07) is 11.4. The first-order valence-corrected chi connectivity index (χ1v) is 9.15. The lowest BCUT2D eigenvalue weighted by Crippen LogP contribution is -2.47. The van der Waals surface area contributed by atoms with Crippen LogP contribution in [0.2, 0.25) is 0 Å². The van der Waals surface area contributed by atoms with Gasteiger partial charge in [-0.3, -0.25) is 4.90 Å². The van der Waals surface area contributed by atoms with Crippen LogP contribution in [-0.2, 0) is 0 Å². The van der Waals surface area contributed by atoms with E-state index in [0.29, 0.717) is 6.04 Å². The lowest BCUT2D eigenvalue weighted by molar-refractivity contribution is 0.141. The van der Waals surface area contributed by atoms with Crippen molar-refractivity contribution in [3.05, 3.63) is 48.0 Å². The minimum Gasteiger partial charge on any atom is -0.309 e. The topological polar surface area (TPSA) is 18.5 Å². The smallest absolute Gasteiger partial charge is 0.0449 e. The summed E-state index contributed by atoms with van der Waals surface area (Å²) in [5.41, 5.74) is 1.43. The lowest BCUT2D eigenvalue weighted by Gasteiger charge is -2.35. The summed E-state index contributed by atoms with van der Waals surface area (Å²) in [6.07, 6.45) is 8.51. The fraction of sp³-hybridized carbons (Fsp3) is 0.600. The van der Waals surface area contributed by atoms with Gasteiger partial charge in [-0.1, -0.05) is 42.5 Å². The van der Waals surface area contributed by atoms with Crippen LogP contribution in [0.5, 0.6) is 0 Å². The molecule has 1 saturated heterocycles. The first kappa shape index (κ1) is 16.7. The average molecular weight is 313 g/mol. The highest BCUT2D eigenvalue weighted by atomic mass is 15.3. The molecule has 1 heterocycles. The highest BCUT2D eigenvalue weighted by Crippen LogP contribution is 2.20. The Hall–Kier alpha value is -1.16. The van der Waals surface area contributed by atoms with Crippen molar-refractivity contribution in [1.29, 1.82) is 0 Å². The van der Waals surface area contributed by atoms with Gasteiger partial charge < -0.3 is 10.2 Å². The molecule has 23 heavy (non-hydrogen) atoms. The van der Waals surface area contributed by atoms with E-state index in [1.54, 1.807) is 0 Å². The van der Waals surface area contributed by atoms with E-state index in [0.717, 1.165) is 19.0 Å². The number of nitrogens with zero attached hydrogens (tertiary/aromatic N) is 2. The van der Waals surface area contributed by atoms with Crippen LogP contribution in [0.25, 0.3) is 0 Å². The zero-order chi connectivity index (χ0) is 15.9. The van der Waals surface area contributed by atoms with Crippen molar-refractivity contribution < 1.29 is 0 Å². The van der Waals surface area contributed by atoms with Gasteiger partial charge in [-0.15, -0.1) is 0 Å². The molecule has 0 spiro atoms. The molecule has 0 radical (unpaired) electrons. The van der Waals surface area contributed by atoms with Crippen molar-refractivity contribution in [2.45, 2.75) is 25.3 Å². The molecular weight excluding hydrogens is 282 g/mol. The first-order chi connectivity index (χ1) is 11.3. The van der Waals surface area contributed by atoms with E-state index in [2.05, 4.69) is 64.6 Å². The van der Waals surface area contributed by atoms with Crippen molar-refractivity contribution in [2.75, 3.05) is 46.3 Å². The number of allylic oxidation sites excluding steroid dienone is 2. The summed E-state index contributed by atoms with van der Waals surface area (Å²) in [4.78, 5) is 5.04. The van der Waals surface area contributed by atoms with Gasteiger partial charge in [0, 0.05) is 38.8 Å². The Morgan fingerprint density at radius 2 is 1.87 bits per heavy atom. The predicted octanol–water partition coefficient (Wildman–Crippen LogP) is 2.92. The number of benzene rings is 1. The maximum atomic E-state index is 3.88. The van der Waals surface area contributed by atoms with Crippen LogP contribution in [0, 0.1) is 5.92 Å². The lowest BCUT2D eigenvalue weighted by atomic mass is 9.94. The maximum Gasteiger partial charge on any atom is 0.0449 e. The van der Waals surface area contributed by atoms with Crippen LogP contribution in [-0.4, -0.2) is 56.1 Å². The van der Waals surface area contributed by atoms with Crippen molar-refractivity contribution in [3.63, 3.8) is 0 Å². The monoisotopic (exact) mass is 313 g/mol. The van der Waals surface area contributed by atoms with Gasteiger partial charge in [0.25, 0.3) is 0 Å². The molecule has 1 aromatic carbocycles. The molecule has 1 aliphatic heterocycles. The summed E-state index contributed by atoms with van der Waals surface area (Å²) in [6.45, 7) is 7.02. The highest BCUT2D eigenvalue weighted by Gasteiger charge is 2.20. The Morgan fingerprint density at radius 1 is 1.09 bits per heavy atom. The van der Waals surface area contributed by atoms with E-state index in [4.69, 9.17) is 0 Å². The van der Waals surface area contributed by atoms with Crippen molar-refractivity contribution in [1.82, 2.24) is 15.1 Å². The quantitative estimate of drug-likeness (QED) is 0.815. The SMILES string of the molecule is CN1CCN(CC(NCC2CC=CCC2)c2ccccc2)CC1. The Labute approximate surface area is 141 Å². The first-order valence-electron chi connectivity index (χ1n) is 9.15. The van der Waals surface area contributed by atoms with Crippen molar-refractivity contribution in [3.8, 4) is 0 Å². The standard InChI is InChI=1S/C20H31N3/c1-22-12-14-23(15-13-22)17-20(19-10-6-3-7-11-19)21-16-18-8-4-2-5-9-18/h2-4,6-7,10-11,18,20-21H,5,8-9,12-17H2,1H3. The Morgan fingerprint density at radius 3 is 2.57 bits per heavy atom. The molecule has 0 amide bonds. The highest BCUT2D eigenvalue weighted by molar-refractivity contribution is 5.19. The number of hydrogen-bond acceptors (Lipinski definition) is 3. The third kappa shape index (κ3) is 5.17. The van der Waals surface area contributed by atoms with Gasteiger partial charge in [-0.25, -0.2) is 0 Å². The number of hydrogen-bond donors (Lipinski definition) is 1. The summed E-state index contributed by atoms with van der Waals surface area (Å²) in [5.74, 6) is 0.804. The fourth-order valence-electron chi connectivity index (χ4n) is 3.61. The Balaban J connectivity index is 1.58. The number of rotatable bonds is 6. The normalized spacial score (nSPS) is 24.7. The van der Waals surface area contributed by atoms with Crippen molar-refractivity contribution in [2.24, 2.45) is 5.92 Å². The van der Waals surface area contributed by atoms with E-state index >= 15 is 0 Å². The molecule has 3 nitrogen and oxygen atoms in total. The van der Waals surface area contributed by atoms with E-state index < -0.39 is 0 Å². The minimum atomic E-state index is 0.450. The van der Waals surface area contributed by atoms with Gasteiger partial charge in [0.2, 0.25) is 0 Å². The van der Waals surface area contributed by atoms with Crippen molar-refractivity contribution >= 4 is 0 Å². The maximum absolute atomic E-state index is 3.88. The third-order valence-corrected chi connectivity index (χ3v) is 5.27. The summed E-state index contributed by atoms with van der Waals surface area (Å²) in [5, 5.41) is 3.88. The molecule has 1 fully saturated rings. The van der Waals surface area contributed by atoms with Crippen LogP contribution >= 0.6 is 0 Å². The molecule has 0 aromatic heterocycles. The molecule has 1 aliphatic carbocycles. The van der Waals surface area contributed by atoms with Crippen LogP contribution < -0.4 is 5.32 Å². The second kappa shape index (κ2) is 8.62. The molecule has 1 aromatic rings. The van der Waals surface area contributed by atoms with E-state index in [9.17, 15) is 0 Å². The molecule has 0 saturated carbocycles. The average Bonchev–Trinajstić information content (AvgIpc) is 2.62. The second-order valence-corrected chi connectivity index (χ2v) is 7.13. The zero-order valence-electron chi connectivity index (χ0n) is 14.5. The predicted molar refractivity (Wildman–Crippen MR) is 97.6 cm³/mol. The van der Waals surface area contributed by atoms with Crippen LogP contribution in [0.4, 0.5) is 0 Å². The summed E-state index contributed by atoms with van der Waals surface area (Å²) < 4.78 is 0. The van der Waals surface area contributed by atoms with Crippen LogP contribution in [0.15, 0.2) is 42.5 Å². The molecule has 1 N–H and O–H groups in total. The van der Waals surface area contributed by atoms with Gasteiger partial charge in [0.1, 0.15) is 0 Å². The fourth-order valence-corrected chi connectivity index (χ4v) is 3.61. The molecule has 2 atom stereocenters. The van der Waals surface area contributed by atoms with Gasteiger partial charge in [-0.05, 0) is 44.3 Å². The molecule has 0 bridgehead atoms. The van der Waals surface area contributed by atoms with Gasteiger partial charge in [0.15, 0.2) is 0 Å². The van der Waals surface area contributed by atoms with Gasteiger partial charge >= 0.3 is 0 Å². The van der Waals surface area contributed by atoms with Gasteiger partial charge in [0.05, 0.1) is 0 Å². The number of piperazine rings is 1. The number of likely N-dealkylation sites (N-methyl/N-ethyl adjacent to an activating group) is 1. The molecule has 3 rings (SSSR count). The van der Waals surface area contributed by atoms with Gasteiger partial charge in [-0.2, -0.15) is 0 Å². The number of nitrogens with one attached hydrogen (secondary N) is 1. The third-order valence-electron chi connectivity index (χ3n) is 5.27. The largest absolute Gasteiger partial charge is 0.309 e. The van der Waals surface area contributed by atoms with Crippen LogP contribution in [0.3, 0.4) is 0 Å². The second-order valence-electron chi connectivity index (χ2n) is 7.13. The molecular formula is C20H31N3. The summed E-state index contributed by atoms with van der Waals surface area (Å²) in [7, 11) is 2.22. The molecule has 2 unspecified atom stereocenters. The zero-order valence-corrected chi connectivity index (χ0v) is 14.5. The molecule has 3 heteroatoms. The van der Waals surface area contributed by atoms with E-state index in [-0.39, 0.29) is 0 Å². The Bertz CT molecular complexity index is 477.